The summed E-state index contributed by atoms with van der Waals surface area (Å²) in [5.41, 5.74) is 4.27. The zero-order chi connectivity index (χ0) is 22.5. The van der Waals surface area contributed by atoms with Gasteiger partial charge in [-0.05, 0) is 35.8 Å². The summed E-state index contributed by atoms with van der Waals surface area (Å²) in [5, 5.41) is 5.95. The summed E-state index contributed by atoms with van der Waals surface area (Å²) in [5.74, 6) is 1.04. The van der Waals surface area contributed by atoms with E-state index in [0.717, 1.165) is 28.3 Å². The molecule has 0 amide bonds. The van der Waals surface area contributed by atoms with Crippen LogP contribution in [0.5, 0.6) is 0 Å². The maximum Gasteiger partial charge on any atom is 0.257 e. The van der Waals surface area contributed by atoms with Gasteiger partial charge in [0.25, 0.3) is 5.56 Å². The van der Waals surface area contributed by atoms with E-state index in [1.54, 1.807) is 11.3 Å². The summed E-state index contributed by atoms with van der Waals surface area (Å²) in [7, 11) is 0. The number of H-pyrrole nitrogens is 1. The van der Waals surface area contributed by atoms with Crippen molar-refractivity contribution in [2.75, 3.05) is 5.32 Å². The van der Waals surface area contributed by atoms with Crippen molar-refractivity contribution in [1.29, 1.82) is 0 Å². The number of nitrogens with zero attached hydrogens (tertiary/aromatic N) is 1. The van der Waals surface area contributed by atoms with Crippen LogP contribution in [0.25, 0.3) is 0 Å². The van der Waals surface area contributed by atoms with Crippen LogP contribution in [0.3, 0.4) is 0 Å². The molecule has 0 saturated heterocycles. The number of fused-ring (bicyclic) bond motifs is 1. The molecule has 1 aliphatic carbocycles. The molecule has 164 valence electrons. The number of aromatic nitrogens is 2. The number of thioether (sulfide) groups is 1. The summed E-state index contributed by atoms with van der Waals surface area (Å²) in [6.07, 6.45) is 1.25. The third-order valence-electron chi connectivity index (χ3n) is 6.02. The molecule has 2 N–H and O–H groups in total. The molecule has 5 rings (SSSR count). The van der Waals surface area contributed by atoms with Crippen molar-refractivity contribution in [1.82, 2.24) is 9.97 Å². The van der Waals surface area contributed by atoms with Gasteiger partial charge in [-0.2, -0.15) is 0 Å². The van der Waals surface area contributed by atoms with Gasteiger partial charge in [-0.3, -0.25) is 9.59 Å². The van der Waals surface area contributed by atoms with Crippen molar-refractivity contribution < 1.29 is 4.79 Å². The number of nitrogens with one attached hydrogen (secondary N) is 2. The number of thiophene rings is 1. The molecule has 1 aromatic carbocycles. The van der Waals surface area contributed by atoms with Crippen molar-refractivity contribution in [2.45, 2.75) is 50.4 Å². The molecular weight excluding hydrogens is 438 g/mol. The largest absolute Gasteiger partial charge is 0.343 e. The van der Waals surface area contributed by atoms with Crippen LogP contribution in [-0.4, -0.2) is 15.8 Å². The minimum absolute atomic E-state index is 0.116. The highest BCUT2D eigenvalue weighted by Crippen LogP contribution is 2.48. The van der Waals surface area contributed by atoms with Crippen LogP contribution in [0.4, 0.5) is 5.82 Å². The Balaban J connectivity index is 1.54. The maximum atomic E-state index is 13.3. The first-order valence-electron chi connectivity index (χ1n) is 10.7. The molecule has 0 unspecified atom stereocenters. The third kappa shape index (κ3) is 3.95. The Morgan fingerprint density at radius 3 is 2.66 bits per heavy atom. The molecule has 2 aliphatic rings. The Morgan fingerprint density at radius 1 is 1.16 bits per heavy atom. The second-order valence-electron chi connectivity index (χ2n) is 9.31. The summed E-state index contributed by atoms with van der Waals surface area (Å²) >= 11 is 3.08. The predicted molar refractivity (Wildman–Crippen MR) is 130 cm³/mol. The van der Waals surface area contributed by atoms with Crippen LogP contribution in [-0.2, 0) is 10.5 Å². The van der Waals surface area contributed by atoms with Crippen molar-refractivity contribution in [3.63, 3.8) is 0 Å². The van der Waals surface area contributed by atoms with Gasteiger partial charge in [0.05, 0.1) is 11.5 Å². The lowest BCUT2D eigenvalue weighted by Gasteiger charge is -2.38. The van der Waals surface area contributed by atoms with Crippen molar-refractivity contribution in [3.8, 4) is 0 Å². The molecule has 3 aromatic rings. The van der Waals surface area contributed by atoms with Gasteiger partial charge >= 0.3 is 0 Å². The van der Waals surface area contributed by atoms with E-state index in [-0.39, 0.29) is 22.7 Å². The Morgan fingerprint density at radius 2 is 1.94 bits per heavy atom. The summed E-state index contributed by atoms with van der Waals surface area (Å²) in [6.45, 7) is 6.29. The van der Waals surface area contributed by atoms with Gasteiger partial charge in [-0.1, -0.05) is 61.5 Å². The van der Waals surface area contributed by atoms with Crippen LogP contribution in [0.1, 0.15) is 54.2 Å². The first-order chi connectivity index (χ1) is 15.3. The molecule has 32 heavy (non-hydrogen) atoms. The van der Waals surface area contributed by atoms with Gasteiger partial charge in [-0.15, -0.1) is 11.3 Å². The molecule has 3 heterocycles. The van der Waals surface area contributed by atoms with Crippen molar-refractivity contribution in [3.05, 3.63) is 85.0 Å². The molecule has 0 saturated carbocycles. The summed E-state index contributed by atoms with van der Waals surface area (Å²) in [4.78, 5) is 35.2. The number of ketones is 1. The van der Waals surface area contributed by atoms with Crippen LogP contribution in [0.15, 0.2) is 63.0 Å². The highest BCUT2D eigenvalue weighted by Gasteiger charge is 2.42. The van der Waals surface area contributed by atoms with Crippen LogP contribution >= 0.6 is 23.1 Å². The van der Waals surface area contributed by atoms with Gasteiger partial charge in [0, 0.05) is 28.3 Å². The number of benzene rings is 1. The molecule has 0 bridgehead atoms. The van der Waals surface area contributed by atoms with Crippen molar-refractivity contribution in [2.24, 2.45) is 5.41 Å². The number of rotatable bonds is 4. The van der Waals surface area contributed by atoms with Crippen LogP contribution < -0.4 is 10.9 Å². The average molecular weight is 464 g/mol. The average Bonchev–Trinajstić information content (AvgIpc) is 3.25. The van der Waals surface area contributed by atoms with E-state index >= 15 is 0 Å². The normalized spacial score (nSPS) is 19.3. The van der Waals surface area contributed by atoms with E-state index in [4.69, 9.17) is 4.98 Å². The zero-order valence-corrected chi connectivity index (χ0v) is 20.0. The van der Waals surface area contributed by atoms with E-state index in [1.807, 2.05) is 17.5 Å². The van der Waals surface area contributed by atoms with Crippen LogP contribution in [0, 0.1) is 12.3 Å². The first-order valence-corrected chi connectivity index (χ1v) is 12.6. The minimum atomic E-state index is -0.364. The number of aromatic amines is 1. The lowest BCUT2D eigenvalue weighted by molar-refractivity contribution is -0.118. The smallest absolute Gasteiger partial charge is 0.257 e. The molecule has 0 radical (unpaired) electrons. The van der Waals surface area contributed by atoms with Gasteiger partial charge in [0.2, 0.25) is 0 Å². The fraction of sp³-hybridized carbons (Fsp3) is 0.320. The molecule has 5 nitrogen and oxygen atoms in total. The SMILES string of the molecule is Cc1ccc(CSc2nc3c(c(=O)[nH]2)[C@@H](c2cccs2)C2=C(CC(C)(C)CC2=O)N3)cc1. The third-order valence-corrected chi connectivity index (χ3v) is 7.91. The Bertz CT molecular complexity index is 1270. The van der Waals surface area contributed by atoms with Gasteiger partial charge in [0.15, 0.2) is 10.9 Å². The van der Waals surface area contributed by atoms with E-state index in [9.17, 15) is 9.59 Å². The monoisotopic (exact) mass is 463 g/mol. The number of allylic oxidation sites excluding steroid dienone is 2. The molecule has 2 aromatic heterocycles. The van der Waals surface area contributed by atoms with E-state index in [2.05, 4.69) is 55.3 Å². The van der Waals surface area contributed by atoms with Gasteiger partial charge in [-0.25, -0.2) is 4.98 Å². The predicted octanol–water partition coefficient (Wildman–Crippen LogP) is 5.63. The highest BCUT2D eigenvalue weighted by molar-refractivity contribution is 7.98. The lowest BCUT2D eigenvalue weighted by atomic mass is 9.70. The standard InChI is InChI=1S/C25H25N3O2S2/c1-14-6-8-15(9-7-14)13-32-24-27-22-21(23(30)28-24)20(18-5-4-10-31-18)19-16(26-22)11-25(2,3)12-17(19)29/h4-10,20H,11-13H2,1-3H3,(H2,26,27,28,30)/t20-/m0/s1. The number of carbonyl (C=O) groups excluding carboxylic acids is 1. The van der Waals surface area contributed by atoms with Gasteiger partial charge < -0.3 is 10.3 Å². The topological polar surface area (TPSA) is 74.8 Å². The molecule has 1 aliphatic heterocycles. The van der Waals surface area contributed by atoms with Crippen molar-refractivity contribution >= 4 is 34.7 Å². The number of anilines is 1. The molecule has 0 fully saturated rings. The Hall–Kier alpha value is -2.64. The number of aryl methyl sites for hydroxylation is 1. The minimum Gasteiger partial charge on any atom is -0.343 e. The molecule has 0 spiro atoms. The quantitative estimate of drug-likeness (QED) is 0.387. The second-order valence-corrected chi connectivity index (χ2v) is 11.3. The van der Waals surface area contributed by atoms with E-state index in [1.165, 1.54) is 22.9 Å². The molecular formula is C25H25N3O2S2. The fourth-order valence-corrected chi connectivity index (χ4v) is 6.20. The number of hydrogen-bond acceptors (Lipinski definition) is 6. The number of carbonyl (C=O) groups is 1. The first kappa shape index (κ1) is 21.2. The van der Waals surface area contributed by atoms with E-state index < -0.39 is 0 Å². The number of hydrogen-bond donors (Lipinski definition) is 2. The zero-order valence-electron chi connectivity index (χ0n) is 18.3. The number of Topliss-reactive ketones (excluding diaryl/α,β-unsaturated/α-hetero) is 1. The van der Waals surface area contributed by atoms with E-state index in [0.29, 0.717) is 23.0 Å². The highest BCUT2D eigenvalue weighted by atomic mass is 32.2. The fourth-order valence-electron chi connectivity index (χ4n) is 4.54. The van der Waals surface area contributed by atoms with Crippen LogP contribution in [0.2, 0.25) is 0 Å². The van der Waals surface area contributed by atoms with Gasteiger partial charge in [0.1, 0.15) is 5.82 Å². The Kier molecular flexibility index (Phi) is 5.34. The second kappa shape index (κ2) is 8.05. The lowest BCUT2D eigenvalue weighted by Crippen LogP contribution is -2.36. The molecule has 1 atom stereocenters. The summed E-state index contributed by atoms with van der Waals surface area (Å²) in [6, 6.07) is 12.3. The molecule has 7 heteroatoms. The summed E-state index contributed by atoms with van der Waals surface area (Å²) < 4.78 is 0. The maximum absolute atomic E-state index is 13.3. The Labute approximate surface area is 195 Å².